The lowest BCUT2D eigenvalue weighted by Crippen LogP contribution is -3.06. The fraction of sp³-hybridized carbons (Fsp3) is 0.947. The minimum Gasteiger partial charge on any atom is -0.376 e. The third-order valence-electron chi connectivity index (χ3n) is 4.91. The van der Waals surface area contributed by atoms with Crippen molar-refractivity contribution < 1.29 is 14.4 Å². The highest BCUT2D eigenvalue weighted by Crippen LogP contribution is 2.37. The number of ether oxygens (including phenoxy) is 1. The minimum absolute atomic E-state index is 0.0379. The Morgan fingerprint density at radius 1 is 1.30 bits per heavy atom. The average Bonchev–Trinajstić information content (AvgIpc) is 2.41. The largest absolute Gasteiger partial charge is 0.376 e. The molecule has 0 spiro atoms. The summed E-state index contributed by atoms with van der Waals surface area (Å²) in [6, 6.07) is 0. The summed E-state index contributed by atoms with van der Waals surface area (Å²) in [6.45, 7) is 11.5. The predicted octanol–water partition coefficient (Wildman–Crippen LogP) is 1.89. The quantitative estimate of drug-likeness (QED) is 0.679. The molecule has 0 saturated carbocycles. The van der Waals surface area contributed by atoms with Crippen LogP contribution in [0.15, 0.2) is 0 Å². The molecule has 1 aliphatic heterocycles. The van der Waals surface area contributed by atoms with Crippen LogP contribution >= 0.6 is 0 Å². The van der Waals surface area contributed by atoms with E-state index in [1.807, 2.05) is 0 Å². The van der Waals surface area contributed by atoms with Gasteiger partial charge in [0.25, 0.3) is 0 Å². The molecule has 1 rings (SSSR count). The van der Waals surface area contributed by atoms with Crippen LogP contribution in [0.25, 0.3) is 0 Å². The molecular weight excluding hydrogens is 288 g/mol. The van der Waals surface area contributed by atoms with Gasteiger partial charge in [0.1, 0.15) is 0 Å². The van der Waals surface area contributed by atoms with Gasteiger partial charge in [0.2, 0.25) is 5.91 Å². The third kappa shape index (κ3) is 8.71. The van der Waals surface area contributed by atoms with Gasteiger partial charge in [-0.3, -0.25) is 4.79 Å². The second kappa shape index (κ2) is 9.63. The first-order chi connectivity index (χ1) is 10.7. The summed E-state index contributed by atoms with van der Waals surface area (Å²) in [5.74, 6) is 2.03. The van der Waals surface area contributed by atoms with E-state index in [0.717, 1.165) is 39.0 Å². The molecule has 1 heterocycles. The van der Waals surface area contributed by atoms with Gasteiger partial charge in [-0.05, 0) is 50.9 Å². The molecule has 2 atom stereocenters. The van der Waals surface area contributed by atoms with Gasteiger partial charge in [-0.15, -0.1) is 0 Å². The molecule has 2 N–H and O–H groups in total. The highest BCUT2D eigenvalue weighted by Gasteiger charge is 2.34. The number of quaternary nitrogens is 1. The molecule has 23 heavy (non-hydrogen) atoms. The van der Waals surface area contributed by atoms with Crippen LogP contribution in [0.4, 0.5) is 0 Å². The molecule has 0 aromatic heterocycles. The van der Waals surface area contributed by atoms with Gasteiger partial charge < -0.3 is 15.0 Å². The lowest BCUT2D eigenvalue weighted by atomic mass is 9.75. The van der Waals surface area contributed by atoms with E-state index in [2.05, 4.69) is 47.1 Å². The maximum absolute atomic E-state index is 12.3. The van der Waals surface area contributed by atoms with Crippen molar-refractivity contribution in [1.82, 2.24) is 5.32 Å². The second-order valence-electron chi connectivity index (χ2n) is 8.60. The van der Waals surface area contributed by atoms with Crippen LogP contribution in [0.1, 0.15) is 59.8 Å². The molecule has 0 aliphatic carbocycles. The predicted molar refractivity (Wildman–Crippen MR) is 95.6 cm³/mol. The van der Waals surface area contributed by atoms with E-state index < -0.39 is 0 Å². The first-order valence-corrected chi connectivity index (χ1v) is 9.39. The van der Waals surface area contributed by atoms with Crippen LogP contribution in [0.5, 0.6) is 0 Å². The summed E-state index contributed by atoms with van der Waals surface area (Å²) in [4.78, 5) is 13.7. The molecule has 4 heteroatoms. The highest BCUT2D eigenvalue weighted by atomic mass is 16.5. The van der Waals surface area contributed by atoms with Crippen molar-refractivity contribution in [2.45, 2.75) is 65.4 Å². The summed E-state index contributed by atoms with van der Waals surface area (Å²) >= 11 is 0. The smallest absolute Gasteiger partial charge is 0.220 e. The lowest BCUT2D eigenvalue weighted by molar-refractivity contribution is -0.856. The second-order valence-corrected chi connectivity index (χ2v) is 8.60. The number of carbonyl (C=O) groups is 1. The van der Waals surface area contributed by atoms with Gasteiger partial charge in [0.05, 0.1) is 32.8 Å². The lowest BCUT2D eigenvalue weighted by Gasteiger charge is -2.39. The normalized spacial score (nSPS) is 22.3. The molecule has 0 aromatic rings. The first-order valence-electron chi connectivity index (χ1n) is 9.39. The molecular formula is C19H39N2O2+. The standard InChI is InChI=1S/C19H38N2O2/c1-15(2)7-8-16(13-18(22)20-10-11-21(5)6)17-9-12-23-19(3,4)14-17/h15-17H,7-14H2,1-6H3,(H,20,22)/p+1/t16-,17+/m1/s1. The molecule has 1 aliphatic rings. The molecule has 1 saturated heterocycles. The van der Waals surface area contributed by atoms with Gasteiger partial charge >= 0.3 is 0 Å². The zero-order valence-corrected chi connectivity index (χ0v) is 16.2. The Bertz CT molecular complexity index is 353. The van der Waals surface area contributed by atoms with Crippen molar-refractivity contribution in [3.63, 3.8) is 0 Å². The summed E-state index contributed by atoms with van der Waals surface area (Å²) in [5.41, 5.74) is -0.0379. The van der Waals surface area contributed by atoms with Crippen molar-refractivity contribution in [3.8, 4) is 0 Å². The Hall–Kier alpha value is -0.610. The SMILES string of the molecule is CC(C)CC[C@H](CC(=O)NCC[NH+](C)C)[C@H]1CCOC(C)(C)C1. The van der Waals surface area contributed by atoms with E-state index in [9.17, 15) is 4.79 Å². The summed E-state index contributed by atoms with van der Waals surface area (Å²) in [7, 11) is 4.23. The zero-order chi connectivity index (χ0) is 17.5. The van der Waals surface area contributed by atoms with Crippen molar-refractivity contribution in [2.75, 3.05) is 33.8 Å². The molecule has 0 radical (unpaired) electrons. The average molecular weight is 328 g/mol. The summed E-state index contributed by atoms with van der Waals surface area (Å²) in [6.07, 6.45) is 5.21. The Balaban J connectivity index is 2.55. The Labute approximate surface area is 143 Å². The van der Waals surface area contributed by atoms with Gasteiger partial charge in [-0.1, -0.05) is 20.3 Å². The number of nitrogens with one attached hydrogen (secondary N) is 2. The van der Waals surface area contributed by atoms with Gasteiger partial charge in [-0.2, -0.15) is 0 Å². The number of carbonyl (C=O) groups excluding carboxylic acids is 1. The van der Waals surface area contributed by atoms with Crippen molar-refractivity contribution in [3.05, 3.63) is 0 Å². The molecule has 1 amide bonds. The van der Waals surface area contributed by atoms with E-state index in [1.165, 1.54) is 11.3 Å². The Kier molecular flexibility index (Phi) is 8.56. The van der Waals surface area contributed by atoms with Crippen LogP contribution in [-0.4, -0.2) is 45.3 Å². The molecule has 0 unspecified atom stereocenters. The Morgan fingerprint density at radius 3 is 2.57 bits per heavy atom. The highest BCUT2D eigenvalue weighted by molar-refractivity contribution is 5.76. The monoisotopic (exact) mass is 327 g/mol. The zero-order valence-electron chi connectivity index (χ0n) is 16.2. The van der Waals surface area contributed by atoms with Crippen molar-refractivity contribution in [2.24, 2.45) is 17.8 Å². The van der Waals surface area contributed by atoms with Gasteiger partial charge in [0, 0.05) is 13.0 Å². The Morgan fingerprint density at radius 2 is 2.00 bits per heavy atom. The van der Waals surface area contributed by atoms with Crippen LogP contribution in [0.2, 0.25) is 0 Å². The number of rotatable bonds is 9. The van der Waals surface area contributed by atoms with Crippen LogP contribution < -0.4 is 10.2 Å². The fourth-order valence-corrected chi connectivity index (χ4v) is 3.50. The van der Waals surface area contributed by atoms with E-state index >= 15 is 0 Å². The molecule has 136 valence electrons. The van der Waals surface area contributed by atoms with Gasteiger partial charge in [0.15, 0.2) is 0 Å². The number of hydrogen-bond donors (Lipinski definition) is 2. The third-order valence-corrected chi connectivity index (χ3v) is 4.91. The molecule has 0 aromatic carbocycles. The summed E-state index contributed by atoms with van der Waals surface area (Å²) < 4.78 is 5.86. The fourth-order valence-electron chi connectivity index (χ4n) is 3.50. The molecule has 4 nitrogen and oxygen atoms in total. The number of amides is 1. The maximum Gasteiger partial charge on any atom is 0.220 e. The molecule has 0 bridgehead atoms. The summed E-state index contributed by atoms with van der Waals surface area (Å²) in [5, 5.41) is 3.10. The van der Waals surface area contributed by atoms with Crippen LogP contribution in [0.3, 0.4) is 0 Å². The van der Waals surface area contributed by atoms with E-state index in [1.54, 1.807) is 0 Å². The topological polar surface area (TPSA) is 42.8 Å². The van der Waals surface area contributed by atoms with E-state index in [0.29, 0.717) is 24.2 Å². The first kappa shape index (κ1) is 20.4. The van der Waals surface area contributed by atoms with Gasteiger partial charge in [-0.25, -0.2) is 0 Å². The molecule has 1 fully saturated rings. The van der Waals surface area contributed by atoms with Crippen LogP contribution in [-0.2, 0) is 9.53 Å². The van der Waals surface area contributed by atoms with Crippen LogP contribution in [0, 0.1) is 17.8 Å². The number of hydrogen-bond acceptors (Lipinski definition) is 2. The maximum atomic E-state index is 12.3. The minimum atomic E-state index is -0.0379. The van der Waals surface area contributed by atoms with E-state index in [4.69, 9.17) is 4.74 Å². The van der Waals surface area contributed by atoms with E-state index in [-0.39, 0.29) is 11.5 Å². The van der Waals surface area contributed by atoms with Crippen molar-refractivity contribution >= 4 is 5.91 Å². The van der Waals surface area contributed by atoms with Crippen molar-refractivity contribution in [1.29, 1.82) is 0 Å². The number of likely N-dealkylation sites (N-methyl/N-ethyl adjacent to an activating group) is 1.